The molecule has 25 heavy (non-hydrogen) atoms. The molecule has 1 aliphatic rings. The summed E-state index contributed by atoms with van der Waals surface area (Å²) in [6.45, 7) is 8.08. The fraction of sp³-hybridized carbons (Fsp3) is 0.526. The van der Waals surface area contributed by atoms with Crippen molar-refractivity contribution in [3.63, 3.8) is 0 Å². The van der Waals surface area contributed by atoms with Gasteiger partial charge < -0.3 is 14.6 Å². The van der Waals surface area contributed by atoms with Crippen LogP contribution in [0.15, 0.2) is 24.3 Å². The first-order valence-electron chi connectivity index (χ1n) is 8.74. The molecule has 2 aromatic rings. The Morgan fingerprint density at radius 3 is 2.96 bits per heavy atom. The van der Waals surface area contributed by atoms with Crippen LogP contribution < -0.4 is 4.74 Å². The zero-order valence-corrected chi connectivity index (χ0v) is 15.2. The minimum absolute atomic E-state index is 0.0527. The normalized spacial score (nSPS) is 18.5. The van der Waals surface area contributed by atoms with Crippen LogP contribution in [0.5, 0.6) is 5.75 Å². The third-order valence-electron chi connectivity index (χ3n) is 4.84. The Bertz CT molecular complexity index is 714. The van der Waals surface area contributed by atoms with Crippen molar-refractivity contribution in [2.45, 2.75) is 33.0 Å². The van der Waals surface area contributed by atoms with Crippen molar-refractivity contribution in [1.29, 1.82) is 0 Å². The average Bonchev–Trinajstić information content (AvgIpc) is 2.90. The van der Waals surface area contributed by atoms with Gasteiger partial charge in [-0.2, -0.15) is 5.10 Å². The van der Waals surface area contributed by atoms with Crippen LogP contribution in [0.2, 0.25) is 0 Å². The van der Waals surface area contributed by atoms with Crippen LogP contribution in [0.1, 0.15) is 28.6 Å². The number of methoxy groups -OCH3 is 1. The Morgan fingerprint density at radius 1 is 1.36 bits per heavy atom. The molecule has 0 amide bonds. The van der Waals surface area contributed by atoms with Crippen molar-refractivity contribution < 1.29 is 14.6 Å². The summed E-state index contributed by atoms with van der Waals surface area (Å²) in [5.41, 5.74) is 4.57. The fourth-order valence-electron chi connectivity index (χ4n) is 3.39. The largest absolute Gasteiger partial charge is 0.497 e. The van der Waals surface area contributed by atoms with Gasteiger partial charge >= 0.3 is 0 Å². The maximum absolute atomic E-state index is 9.17. The number of aromatic nitrogens is 2. The van der Waals surface area contributed by atoms with Crippen molar-refractivity contribution >= 4 is 0 Å². The van der Waals surface area contributed by atoms with Crippen LogP contribution in [-0.4, -0.2) is 53.2 Å². The van der Waals surface area contributed by atoms with Gasteiger partial charge in [0.15, 0.2) is 0 Å². The van der Waals surface area contributed by atoms with Gasteiger partial charge in [0.05, 0.1) is 38.7 Å². The monoisotopic (exact) mass is 345 g/mol. The van der Waals surface area contributed by atoms with E-state index in [9.17, 15) is 5.11 Å². The molecule has 1 aromatic heterocycles. The van der Waals surface area contributed by atoms with Gasteiger partial charge in [-0.05, 0) is 31.5 Å². The molecule has 1 atom stereocenters. The third-order valence-corrected chi connectivity index (χ3v) is 4.84. The molecular weight excluding hydrogens is 318 g/mol. The van der Waals surface area contributed by atoms with Crippen LogP contribution in [-0.2, 0) is 17.8 Å². The predicted octanol–water partition coefficient (Wildman–Crippen LogP) is 2.07. The smallest absolute Gasteiger partial charge is 0.119 e. The quantitative estimate of drug-likeness (QED) is 0.869. The molecule has 0 bridgehead atoms. The molecule has 136 valence electrons. The van der Waals surface area contributed by atoms with E-state index in [0.717, 1.165) is 42.3 Å². The van der Waals surface area contributed by atoms with E-state index in [1.807, 2.05) is 29.8 Å². The zero-order valence-electron chi connectivity index (χ0n) is 15.2. The summed E-state index contributed by atoms with van der Waals surface area (Å²) in [7, 11) is 1.68. The van der Waals surface area contributed by atoms with E-state index in [2.05, 4.69) is 23.0 Å². The van der Waals surface area contributed by atoms with Crippen molar-refractivity contribution in [1.82, 2.24) is 14.7 Å². The van der Waals surface area contributed by atoms with Gasteiger partial charge in [-0.25, -0.2) is 0 Å². The molecule has 0 aliphatic carbocycles. The maximum Gasteiger partial charge on any atom is 0.119 e. The van der Waals surface area contributed by atoms with Crippen LogP contribution in [0.25, 0.3) is 0 Å². The van der Waals surface area contributed by atoms with Gasteiger partial charge in [0.2, 0.25) is 0 Å². The lowest BCUT2D eigenvalue weighted by molar-refractivity contribution is -0.0331. The molecule has 3 rings (SSSR count). The minimum atomic E-state index is 0.0527. The van der Waals surface area contributed by atoms with Crippen LogP contribution >= 0.6 is 0 Å². The summed E-state index contributed by atoms with van der Waals surface area (Å²) in [5.74, 6) is 0.857. The molecular formula is C19H27N3O3. The highest BCUT2D eigenvalue weighted by Crippen LogP contribution is 2.27. The van der Waals surface area contributed by atoms with Gasteiger partial charge in [0.1, 0.15) is 5.75 Å². The van der Waals surface area contributed by atoms with E-state index < -0.39 is 0 Å². The molecule has 0 spiro atoms. The second-order valence-corrected chi connectivity index (χ2v) is 6.47. The van der Waals surface area contributed by atoms with E-state index in [-0.39, 0.29) is 12.7 Å². The second-order valence-electron chi connectivity index (χ2n) is 6.47. The first-order chi connectivity index (χ1) is 12.1. The minimum Gasteiger partial charge on any atom is -0.497 e. The molecule has 1 saturated heterocycles. The Kier molecular flexibility index (Phi) is 5.73. The molecule has 1 aliphatic heterocycles. The summed E-state index contributed by atoms with van der Waals surface area (Å²) in [5, 5.41) is 13.7. The zero-order chi connectivity index (χ0) is 17.8. The summed E-state index contributed by atoms with van der Waals surface area (Å²) in [4.78, 5) is 2.41. The molecule has 0 saturated carbocycles. The van der Waals surface area contributed by atoms with Crippen LogP contribution in [0.3, 0.4) is 0 Å². The fourth-order valence-corrected chi connectivity index (χ4v) is 3.39. The number of nitrogens with zero attached hydrogens (tertiary/aromatic N) is 3. The van der Waals surface area contributed by atoms with E-state index in [1.54, 1.807) is 7.11 Å². The highest BCUT2D eigenvalue weighted by molar-refractivity contribution is 5.30. The highest BCUT2D eigenvalue weighted by Gasteiger charge is 2.24. The molecule has 1 fully saturated rings. The van der Waals surface area contributed by atoms with Gasteiger partial charge in [-0.3, -0.25) is 9.58 Å². The van der Waals surface area contributed by atoms with E-state index in [4.69, 9.17) is 9.47 Å². The summed E-state index contributed by atoms with van der Waals surface area (Å²) >= 11 is 0. The van der Waals surface area contributed by atoms with Crippen LogP contribution in [0.4, 0.5) is 0 Å². The molecule has 1 unspecified atom stereocenters. The van der Waals surface area contributed by atoms with E-state index >= 15 is 0 Å². The van der Waals surface area contributed by atoms with Crippen molar-refractivity contribution in [3.8, 4) is 5.75 Å². The molecule has 6 nitrogen and oxygen atoms in total. The van der Waals surface area contributed by atoms with E-state index in [0.29, 0.717) is 13.2 Å². The number of aliphatic hydroxyl groups is 1. The number of hydrogen-bond donors (Lipinski definition) is 1. The predicted molar refractivity (Wildman–Crippen MR) is 95.8 cm³/mol. The number of hydrogen-bond acceptors (Lipinski definition) is 5. The van der Waals surface area contributed by atoms with E-state index in [1.165, 1.54) is 5.56 Å². The van der Waals surface area contributed by atoms with Crippen LogP contribution in [0, 0.1) is 13.8 Å². The average molecular weight is 345 g/mol. The third kappa shape index (κ3) is 4.03. The lowest BCUT2D eigenvalue weighted by Crippen LogP contribution is -2.38. The first kappa shape index (κ1) is 17.9. The molecule has 1 aromatic carbocycles. The topological polar surface area (TPSA) is 59.8 Å². The number of rotatable bonds is 6. The number of morpholine rings is 1. The van der Waals surface area contributed by atoms with Gasteiger partial charge in [0, 0.05) is 30.9 Å². The highest BCUT2D eigenvalue weighted by atomic mass is 16.5. The first-order valence-corrected chi connectivity index (χ1v) is 8.74. The van der Waals surface area contributed by atoms with Gasteiger partial charge in [0.25, 0.3) is 0 Å². The second kappa shape index (κ2) is 7.99. The SMILES string of the molecule is COc1cccc(C2CN(Cc3c(C)nn(CCO)c3C)CCO2)c1. The molecule has 6 heteroatoms. The Hall–Kier alpha value is -1.89. The Labute approximate surface area is 149 Å². The summed E-state index contributed by atoms with van der Waals surface area (Å²) < 4.78 is 13.2. The van der Waals surface area contributed by atoms with Crippen molar-refractivity contribution in [2.24, 2.45) is 0 Å². The standard InChI is InChI=1S/C19H27N3O3/c1-14-18(15(2)22(20-14)7-9-23)12-21-8-10-25-19(13-21)16-5-4-6-17(11-16)24-3/h4-6,11,19,23H,7-10,12-13H2,1-3H3. The summed E-state index contributed by atoms with van der Waals surface area (Å²) in [6.07, 6.45) is 0.0527. The van der Waals surface area contributed by atoms with Gasteiger partial charge in [-0.15, -0.1) is 0 Å². The Morgan fingerprint density at radius 2 is 2.20 bits per heavy atom. The number of ether oxygens (including phenoxy) is 2. The lowest BCUT2D eigenvalue weighted by atomic mass is 10.1. The van der Waals surface area contributed by atoms with Crippen molar-refractivity contribution in [3.05, 3.63) is 46.8 Å². The van der Waals surface area contributed by atoms with Crippen molar-refractivity contribution in [2.75, 3.05) is 33.4 Å². The number of aryl methyl sites for hydroxylation is 1. The lowest BCUT2D eigenvalue weighted by Gasteiger charge is -2.33. The summed E-state index contributed by atoms with van der Waals surface area (Å²) in [6, 6.07) is 8.09. The molecule has 0 radical (unpaired) electrons. The molecule has 2 heterocycles. The number of aliphatic hydroxyl groups excluding tert-OH is 1. The van der Waals surface area contributed by atoms with Gasteiger partial charge in [-0.1, -0.05) is 12.1 Å². The Balaban J connectivity index is 1.72. The number of benzene rings is 1. The molecule has 1 N–H and O–H groups in total. The maximum atomic E-state index is 9.17.